The van der Waals surface area contributed by atoms with Crippen molar-refractivity contribution >= 4 is 57.0 Å². The van der Waals surface area contributed by atoms with E-state index in [1.165, 1.54) is 23.1 Å². The van der Waals surface area contributed by atoms with Gasteiger partial charge in [-0.15, -0.1) is 0 Å². The fraction of sp³-hybridized carbons (Fsp3) is 0.613. The predicted molar refractivity (Wildman–Crippen MR) is 170 cm³/mol. The van der Waals surface area contributed by atoms with Gasteiger partial charge in [-0.05, 0) is 77.5 Å². The molecule has 1 unspecified atom stereocenters. The number of nitrogens with zero attached hydrogens (tertiary/aromatic N) is 1. The smallest absolute Gasteiger partial charge is 0.408 e. The van der Waals surface area contributed by atoms with E-state index in [1.54, 1.807) is 20.8 Å². The zero-order chi connectivity index (χ0) is 33.0. The van der Waals surface area contributed by atoms with Crippen LogP contribution in [-0.4, -0.2) is 66.9 Å². The van der Waals surface area contributed by atoms with Crippen molar-refractivity contribution in [3.8, 4) is 0 Å². The lowest BCUT2D eigenvalue weighted by molar-refractivity contribution is -0.141. The summed E-state index contributed by atoms with van der Waals surface area (Å²) in [6.45, 7) is 5.50. The molecule has 1 saturated carbocycles. The summed E-state index contributed by atoms with van der Waals surface area (Å²) in [5, 5.41) is 5.69. The van der Waals surface area contributed by atoms with Crippen LogP contribution >= 0.6 is 23.2 Å². The van der Waals surface area contributed by atoms with Crippen LogP contribution in [0, 0.1) is 5.92 Å². The van der Waals surface area contributed by atoms with E-state index in [-0.39, 0.29) is 21.4 Å². The highest BCUT2D eigenvalue weighted by atomic mass is 35.5. The third-order valence-corrected chi connectivity index (χ3v) is 9.95. The molecular formula is C31H42Cl2N4O7S. The van der Waals surface area contributed by atoms with Crippen LogP contribution in [0.4, 0.5) is 4.79 Å². The van der Waals surface area contributed by atoms with Crippen molar-refractivity contribution in [3.63, 3.8) is 0 Å². The summed E-state index contributed by atoms with van der Waals surface area (Å²) < 4.78 is 33.8. The second kappa shape index (κ2) is 14.3. The van der Waals surface area contributed by atoms with Gasteiger partial charge >= 0.3 is 6.09 Å². The van der Waals surface area contributed by atoms with Gasteiger partial charge in [-0.1, -0.05) is 61.0 Å². The molecule has 11 nitrogen and oxygen atoms in total. The Labute approximate surface area is 274 Å². The molecule has 3 N–H and O–H groups in total. The van der Waals surface area contributed by atoms with E-state index in [4.69, 9.17) is 27.9 Å². The maximum absolute atomic E-state index is 13.8. The lowest BCUT2D eigenvalue weighted by Crippen LogP contribution is -2.58. The predicted octanol–water partition coefficient (Wildman–Crippen LogP) is 4.86. The van der Waals surface area contributed by atoms with Crippen LogP contribution < -0.4 is 15.4 Å². The minimum atomic E-state index is -4.38. The fourth-order valence-corrected chi connectivity index (χ4v) is 7.62. The molecule has 0 aromatic heterocycles. The molecular weight excluding hydrogens is 643 g/mol. The van der Waals surface area contributed by atoms with Crippen LogP contribution in [0.3, 0.4) is 0 Å². The molecule has 1 aliphatic carbocycles. The number of sulfonamides is 1. The standard InChI is InChI=1S/C31H42Cl2N4O7S/c1-30(2,3)44-29(41)34-24-13-10-8-6-4-5-7-9-12-20-19-31(20,35-26(38)25-14-11-15-37(25)27(24)39)28(40)36-45(42,43)23-17-21(32)16-22(33)18-23/h9,12,16-18,20,24-25H,4-8,10-11,13-15,19H2,1-3H3,(H,34,41)(H,35,38)(H,36,40)/b12-9-/t20-,24?,25-,31+/m0/s1. The highest BCUT2D eigenvalue weighted by Crippen LogP contribution is 2.46. The van der Waals surface area contributed by atoms with Gasteiger partial charge < -0.3 is 20.3 Å². The van der Waals surface area contributed by atoms with Gasteiger partial charge in [0.2, 0.25) is 11.8 Å². The largest absolute Gasteiger partial charge is 0.444 e. The van der Waals surface area contributed by atoms with E-state index >= 15 is 0 Å². The first kappa shape index (κ1) is 35.0. The van der Waals surface area contributed by atoms with Gasteiger partial charge in [0.1, 0.15) is 23.2 Å². The lowest BCUT2D eigenvalue weighted by atomic mass is 10.0. The minimum Gasteiger partial charge on any atom is -0.444 e. The van der Waals surface area contributed by atoms with Gasteiger partial charge in [0, 0.05) is 22.5 Å². The number of alkyl carbamates (subject to hydrolysis) is 1. The van der Waals surface area contributed by atoms with Gasteiger partial charge in [-0.3, -0.25) is 14.4 Å². The molecule has 1 aromatic carbocycles. The lowest BCUT2D eigenvalue weighted by Gasteiger charge is -2.30. The number of nitrogens with one attached hydrogen (secondary N) is 3. The van der Waals surface area contributed by atoms with Gasteiger partial charge in [-0.2, -0.15) is 0 Å². The van der Waals surface area contributed by atoms with Gasteiger partial charge in [0.05, 0.1) is 4.90 Å². The maximum atomic E-state index is 13.8. The third-order valence-electron chi connectivity index (χ3n) is 8.20. The molecule has 4 amide bonds. The summed E-state index contributed by atoms with van der Waals surface area (Å²) in [5.74, 6) is -2.29. The molecule has 45 heavy (non-hydrogen) atoms. The van der Waals surface area contributed by atoms with Crippen LogP contribution in [0.15, 0.2) is 35.2 Å². The zero-order valence-electron chi connectivity index (χ0n) is 25.9. The van der Waals surface area contributed by atoms with Crippen LogP contribution in [0.5, 0.6) is 0 Å². The Hall–Kier alpha value is -2.83. The summed E-state index contributed by atoms with van der Waals surface area (Å²) >= 11 is 12.0. The number of benzene rings is 1. The van der Waals surface area contributed by atoms with Crippen molar-refractivity contribution < 1.29 is 32.3 Å². The van der Waals surface area contributed by atoms with E-state index in [2.05, 4.69) is 15.4 Å². The average molecular weight is 686 g/mol. The van der Waals surface area contributed by atoms with Crippen molar-refractivity contribution in [1.82, 2.24) is 20.3 Å². The summed E-state index contributed by atoms with van der Waals surface area (Å²) in [6, 6.07) is 1.95. The quantitative estimate of drug-likeness (QED) is 0.383. The number of fused-ring (bicyclic) bond motifs is 2. The van der Waals surface area contributed by atoms with Gasteiger partial charge in [0.15, 0.2) is 0 Å². The summed E-state index contributed by atoms with van der Waals surface area (Å²) in [7, 11) is -4.38. The van der Waals surface area contributed by atoms with E-state index in [0.29, 0.717) is 32.2 Å². The van der Waals surface area contributed by atoms with E-state index < -0.39 is 63.0 Å². The molecule has 3 aliphatic rings. The molecule has 248 valence electrons. The molecule has 2 fully saturated rings. The van der Waals surface area contributed by atoms with E-state index in [9.17, 15) is 27.6 Å². The van der Waals surface area contributed by atoms with Crippen LogP contribution in [0.1, 0.15) is 85.0 Å². The summed E-state index contributed by atoms with van der Waals surface area (Å²) in [5.41, 5.74) is -2.28. The molecule has 0 radical (unpaired) electrons. The highest BCUT2D eigenvalue weighted by Gasteiger charge is 2.61. The van der Waals surface area contributed by atoms with Crippen LogP contribution in [-0.2, 0) is 29.1 Å². The number of hydrogen-bond donors (Lipinski definition) is 3. The summed E-state index contributed by atoms with van der Waals surface area (Å²) in [4.78, 5) is 55.0. The van der Waals surface area contributed by atoms with Crippen molar-refractivity contribution in [3.05, 3.63) is 40.4 Å². The Morgan fingerprint density at radius 1 is 1.00 bits per heavy atom. The molecule has 4 atom stereocenters. The SMILES string of the molecule is CC(C)(C)OC(=O)NC1CCCCCCC/C=C\[C@H]2C[C@@]2(C(=O)NS(=O)(=O)c2cc(Cl)cc(Cl)c2)NC(=O)[C@@H]2CCCN2C1=O. The average Bonchev–Trinajstić information content (AvgIpc) is 3.39. The monoisotopic (exact) mass is 684 g/mol. The molecule has 2 heterocycles. The Morgan fingerprint density at radius 2 is 1.67 bits per heavy atom. The second-order valence-electron chi connectivity index (χ2n) is 13.0. The third kappa shape index (κ3) is 9.13. The number of allylic oxidation sites excluding steroid dienone is 1. The molecule has 0 bridgehead atoms. The molecule has 1 aromatic rings. The number of halogens is 2. The number of amides is 4. The molecule has 0 spiro atoms. The number of ether oxygens (including phenoxy) is 1. The number of carbonyl (C=O) groups excluding carboxylic acids is 4. The Bertz CT molecular complexity index is 1430. The van der Waals surface area contributed by atoms with Crippen molar-refractivity contribution in [2.24, 2.45) is 5.92 Å². The number of carbonyl (C=O) groups is 4. The maximum Gasteiger partial charge on any atom is 0.408 e. The van der Waals surface area contributed by atoms with Crippen molar-refractivity contribution in [2.45, 2.75) is 113 Å². The highest BCUT2D eigenvalue weighted by molar-refractivity contribution is 7.90. The zero-order valence-corrected chi connectivity index (χ0v) is 28.2. The Morgan fingerprint density at radius 3 is 2.36 bits per heavy atom. The number of hydrogen-bond acceptors (Lipinski definition) is 7. The number of rotatable bonds is 4. The van der Waals surface area contributed by atoms with E-state index in [0.717, 1.165) is 32.1 Å². The van der Waals surface area contributed by atoms with Gasteiger partial charge in [-0.25, -0.2) is 17.9 Å². The molecule has 14 heteroatoms. The van der Waals surface area contributed by atoms with Crippen molar-refractivity contribution in [2.75, 3.05) is 6.54 Å². The van der Waals surface area contributed by atoms with Crippen LogP contribution in [0.25, 0.3) is 0 Å². The molecule has 1 saturated heterocycles. The molecule has 4 rings (SSSR count). The first-order chi connectivity index (χ1) is 21.1. The van der Waals surface area contributed by atoms with E-state index in [1.807, 2.05) is 12.2 Å². The Balaban J connectivity index is 1.58. The fourth-order valence-electron chi connectivity index (χ4n) is 5.85. The van der Waals surface area contributed by atoms with Gasteiger partial charge in [0.25, 0.3) is 15.9 Å². The second-order valence-corrected chi connectivity index (χ2v) is 15.5. The Kier molecular flexibility index (Phi) is 11.1. The normalized spacial score (nSPS) is 27.3. The topological polar surface area (TPSA) is 151 Å². The first-order valence-corrected chi connectivity index (χ1v) is 17.7. The minimum absolute atomic E-state index is 0.0833. The molecule has 2 aliphatic heterocycles. The first-order valence-electron chi connectivity index (χ1n) is 15.4. The van der Waals surface area contributed by atoms with Crippen LogP contribution in [0.2, 0.25) is 10.0 Å². The summed E-state index contributed by atoms with van der Waals surface area (Å²) in [6.07, 6.45) is 9.77. The van der Waals surface area contributed by atoms with Crippen molar-refractivity contribution in [1.29, 1.82) is 0 Å².